The molecule has 3 aromatic rings. The van der Waals surface area contributed by atoms with Crippen LogP contribution in [0.25, 0.3) is 6.08 Å². The molecule has 0 saturated carbocycles. The third kappa shape index (κ3) is 5.52. The Morgan fingerprint density at radius 2 is 1.70 bits per heavy atom. The van der Waals surface area contributed by atoms with Crippen molar-refractivity contribution in [1.82, 2.24) is 5.32 Å². The summed E-state index contributed by atoms with van der Waals surface area (Å²) >= 11 is 6.55. The number of hydrogen-bond donors (Lipinski definition) is 1. The summed E-state index contributed by atoms with van der Waals surface area (Å²) in [6.07, 6.45) is 1.39. The highest BCUT2D eigenvalue weighted by atomic mass is 35.5. The Morgan fingerprint density at radius 1 is 0.973 bits per heavy atom. The number of barbiturate groups is 1. The Bertz CT molecular complexity index is 1410. The number of urea groups is 1. The summed E-state index contributed by atoms with van der Waals surface area (Å²) in [7, 11) is 0. The van der Waals surface area contributed by atoms with Crippen LogP contribution in [-0.2, 0) is 16.2 Å². The van der Waals surface area contributed by atoms with Gasteiger partial charge in [-0.3, -0.25) is 14.9 Å². The Hall–Kier alpha value is -4.10. The van der Waals surface area contributed by atoms with E-state index in [1.807, 2.05) is 58.0 Å². The molecule has 0 spiro atoms. The smallest absolute Gasteiger partial charge is 0.335 e. The number of carbonyl (C=O) groups excluding carboxylic acids is 3. The highest BCUT2D eigenvalue weighted by Gasteiger charge is 2.37. The molecule has 1 aliphatic rings. The largest absolute Gasteiger partial charge is 0.490 e. The Labute approximate surface area is 220 Å². The molecule has 1 heterocycles. The molecule has 190 valence electrons. The Kier molecular flexibility index (Phi) is 7.64. The molecule has 3 aromatic carbocycles. The van der Waals surface area contributed by atoms with Crippen molar-refractivity contribution in [3.8, 4) is 11.5 Å². The average molecular weight is 519 g/mol. The van der Waals surface area contributed by atoms with E-state index < -0.39 is 17.8 Å². The van der Waals surface area contributed by atoms with Gasteiger partial charge < -0.3 is 9.47 Å². The molecule has 4 amide bonds. The average Bonchev–Trinajstić information content (AvgIpc) is 2.85. The maximum atomic E-state index is 13.3. The zero-order valence-electron chi connectivity index (χ0n) is 21.1. The molecule has 0 aliphatic carbocycles. The van der Waals surface area contributed by atoms with Crippen molar-refractivity contribution in [2.24, 2.45) is 0 Å². The van der Waals surface area contributed by atoms with Gasteiger partial charge in [0, 0.05) is 0 Å². The van der Waals surface area contributed by atoms with Crippen LogP contribution in [-0.4, -0.2) is 24.5 Å². The first-order chi connectivity index (χ1) is 17.7. The molecule has 37 heavy (non-hydrogen) atoms. The normalized spacial score (nSPS) is 14.7. The zero-order valence-corrected chi connectivity index (χ0v) is 21.8. The summed E-state index contributed by atoms with van der Waals surface area (Å²) in [6.45, 7) is 8.17. The van der Waals surface area contributed by atoms with Gasteiger partial charge in [-0.25, -0.2) is 9.69 Å². The molecule has 0 atom stereocenters. The zero-order chi connectivity index (χ0) is 26.7. The first kappa shape index (κ1) is 26.0. The number of halogens is 1. The van der Waals surface area contributed by atoms with Crippen molar-refractivity contribution in [3.05, 3.63) is 93.0 Å². The maximum Gasteiger partial charge on any atom is 0.335 e. The quantitative estimate of drug-likeness (QED) is 0.310. The summed E-state index contributed by atoms with van der Waals surface area (Å²) in [5.41, 5.74) is 4.45. The second-order valence-electron chi connectivity index (χ2n) is 8.71. The number of nitrogens with zero attached hydrogens (tertiary/aromatic N) is 1. The molecular weight excluding hydrogens is 492 g/mol. The number of benzene rings is 3. The number of rotatable bonds is 7. The van der Waals surface area contributed by atoms with Crippen molar-refractivity contribution in [2.75, 3.05) is 11.5 Å². The lowest BCUT2D eigenvalue weighted by atomic mass is 10.0. The lowest BCUT2D eigenvalue weighted by Crippen LogP contribution is -2.54. The Morgan fingerprint density at radius 3 is 2.41 bits per heavy atom. The van der Waals surface area contributed by atoms with E-state index in [9.17, 15) is 14.4 Å². The second kappa shape index (κ2) is 10.9. The summed E-state index contributed by atoms with van der Waals surface area (Å²) in [6, 6.07) is 15.7. The summed E-state index contributed by atoms with van der Waals surface area (Å²) in [5, 5.41) is 2.51. The predicted octanol–water partition coefficient (Wildman–Crippen LogP) is 5.91. The lowest BCUT2D eigenvalue weighted by Gasteiger charge is -2.28. The van der Waals surface area contributed by atoms with E-state index in [1.165, 1.54) is 6.08 Å². The molecule has 0 bridgehead atoms. The molecule has 0 unspecified atom stereocenters. The van der Waals surface area contributed by atoms with Gasteiger partial charge >= 0.3 is 6.03 Å². The van der Waals surface area contributed by atoms with E-state index in [1.54, 1.807) is 24.3 Å². The van der Waals surface area contributed by atoms with Crippen LogP contribution in [0.3, 0.4) is 0 Å². The van der Waals surface area contributed by atoms with Gasteiger partial charge in [-0.05, 0) is 74.2 Å². The number of anilines is 1. The lowest BCUT2D eigenvalue weighted by molar-refractivity contribution is -0.122. The van der Waals surface area contributed by atoms with Crippen LogP contribution in [0.2, 0.25) is 5.02 Å². The van der Waals surface area contributed by atoms with Crippen LogP contribution in [0, 0.1) is 20.8 Å². The summed E-state index contributed by atoms with van der Waals surface area (Å²) in [4.78, 5) is 39.6. The summed E-state index contributed by atoms with van der Waals surface area (Å²) in [5.74, 6) is -0.778. The molecule has 0 aromatic heterocycles. The first-order valence-electron chi connectivity index (χ1n) is 11.8. The number of imide groups is 2. The topological polar surface area (TPSA) is 84.9 Å². The van der Waals surface area contributed by atoms with Crippen LogP contribution >= 0.6 is 11.6 Å². The van der Waals surface area contributed by atoms with Crippen LogP contribution in [0.5, 0.6) is 11.5 Å². The van der Waals surface area contributed by atoms with Gasteiger partial charge in [0.25, 0.3) is 11.8 Å². The third-order valence-electron chi connectivity index (χ3n) is 6.07. The number of hydrogen-bond acceptors (Lipinski definition) is 5. The fourth-order valence-electron chi connectivity index (χ4n) is 3.93. The van der Waals surface area contributed by atoms with Crippen molar-refractivity contribution in [2.45, 2.75) is 34.3 Å². The number of carbonyl (C=O) groups is 3. The van der Waals surface area contributed by atoms with E-state index in [-0.39, 0.29) is 17.2 Å². The molecule has 1 aliphatic heterocycles. The van der Waals surface area contributed by atoms with Crippen LogP contribution in [0.15, 0.2) is 60.2 Å². The number of amides is 4. The minimum absolute atomic E-state index is 0.202. The molecule has 1 saturated heterocycles. The second-order valence-corrected chi connectivity index (χ2v) is 9.12. The monoisotopic (exact) mass is 518 g/mol. The van der Waals surface area contributed by atoms with E-state index in [4.69, 9.17) is 21.1 Å². The molecule has 0 radical (unpaired) electrons. The van der Waals surface area contributed by atoms with Crippen molar-refractivity contribution in [3.63, 3.8) is 0 Å². The Balaban J connectivity index is 1.67. The molecular formula is C29H27ClN2O5. The van der Waals surface area contributed by atoms with Crippen LogP contribution in [0.4, 0.5) is 10.5 Å². The minimum atomic E-state index is -0.797. The van der Waals surface area contributed by atoms with Crippen LogP contribution < -0.4 is 19.7 Å². The number of nitrogens with one attached hydrogen (secondary N) is 1. The van der Waals surface area contributed by atoms with Crippen LogP contribution in [0.1, 0.15) is 34.7 Å². The molecule has 1 N–H and O–H groups in total. The number of ether oxygens (including phenoxy) is 2. The van der Waals surface area contributed by atoms with E-state index >= 15 is 0 Å². The van der Waals surface area contributed by atoms with Crippen molar-refractivity contribution < 1.29 is 23.9 Å². The van der Waals surface area contributed by atoms with Gasteiger partial charge in [-0.15, -0.1) is 0 Å². The summed E-state index contributed by atoms with van der Waals surface area (Å²) < 4.78 is 11.7. The highest BCUT2D eigenvalue weighted by Crippen LogP contribution is 2.38. The molecule has 1 fully saturated rings. The maximum absolute atomic E-state index is 13.3. The standard InChI is InChI=1S/C29H27ClN2O5/c1-5-36-25-15-21(14-23(30)26(25)37-16-20-11-9-17(2)10-12-20)13-22-27(33)31-29(35)32(28(22)34)24-8-6-7-18(3)19(24)4/h6-15H,5,16H2,1-4H3,(H,31,33,35)/b22-13+. The highest BCUT2D eigenvalue weighted by molar-refractivity contribution is 6.39. The molecule has 8 heteroatoms. The van der Waals surface area contributed by atoms with Crippen molar-refractivity contribution >= 4 is 41.2 Å². The van der Waals surface area contributed by atoms with Gasteiger partial charge in [0.15, 0.2) is 11.5 Å². The van der Waals surface area contributed by atoms with E-state index in [2.05, 4.69) is 5.32 Å². The first-order valence-corrected chi connectivity index (χ1v) is 12.2. The fourth-order valence-corrected chi connectivity index (χ4v) is 4.21. The van der Waals surface area contributed by atoms with Gasteiger partial charge in [0.2, 0.25) is 0 Å². The minimum Gasteiger partial charge on any atom is -0.490 e. The van der Waals surface area contributed by atoms with Gasteiger partial charge in [-0.1, -0.05) is 53.6 Å². The molecule has 4 rings (SSSR count). The third-order valence-corrected chi connectivity index (χ3v) is 6.35. The van der Waals surface area contributed by atoms with Gasteiger partial charge in [0.05, 0.1) is 17.3 Å². The van der Waals surface area contributed by atoms with Crippen molar-refractivity contribution in [1.29, 1.82) is 0 Å². The van der Waals surface area contributed by atoms with Gasteiger partial charge in [-0.2, -0.15) is 0 Å². The molecule has 7 nitrogen and oxygen atoms in total. The van der Waals surface area contributed by atoms with E-state index in [0.717, 1.165) is 27.2 Å². The fraction of sp³-hybridized carbons (Fsp3) is 0.207. The van der Waals surface area contributed by atoms with E-state index in [0.29, 0.717) is 29.4 Å². The number of aryl methyl sites for hydroxylation is 2. The SMILES string of the molecule is CCOc1cc(/C=C2\C(=O)NC(=O)N(c3cccc(C)c3C)C2=O)cc(Cl)c1OCc1ccc(C)cc1. The van der Waals surface area contributed by atoms with Gasteiger partial charge in [0.1, 0.15) is 12.2 Å². The predicted molar refractivity (Wildman–Crippen MR) is 143 cm³/mol.